The zero-order valence-corrected chi connectivity index (χ0v) is 16.1. The lowest BCUT2D eigenvalue weighted by Gasteiger charge is -2.18. The van der Waals surface area contributed by atoms with E-state index >= 15 is 0 Å². The second-order valence-electron chi connectivity index (χ2n) is 6.47. The van der Waals surface area contributed by atoms with Crippen LogP contribution in [0.2, 0.25) is 0 Å². The fraction of sp³-hybridized carbons (Fsp3) is 0.409. The fourth-order valence-electron chi connectivity index (χ4n) is 3.53. The maximum atomic E-state index is 11.6. The third-order valence-electron chi connectivity index (χ3n) is 4.87. The molecule has 0 N–H and O–H groups in total. The van der Waals surface area contributed by atoms with Crippen molar-refractivity contribution in [3.05, 3.63) is 59.2 Å². The van der Waals surface area contributed by atoms with Crippen LogP contribution in [0.15, 0.2) is 42.5 Å². The summed E-state index contributed by atoms with van der Waals surface area (Å²) in [5.74, 6) is 1.44. The van der Waals surface area contributed by atoms with Crippen molar-refractivity contribution >= 4 is 5.97 Å². The molecule has 2 aromatic carbocycles. The van der Waals surface area contributed by atoms with Gasteiger partial charge in [-0.3, -0.25) is 4.79 Å². The number of hydrogen-bond acceptors (Lipinski definition) is 5. The quantitative estimate of drug-likeness (QED) is 0.645. The molecule has 0 fully saturated rings. The topological polar surface area (TPSA) is 54.0 Å². The molecule has 27 heavy (non-hydrogen) atoms. The van der Waals surface area contributed by atoms with Crippen LogP contribution in [0, 0.1) is 0 Å². The minimum Gasteiger partial charge on any atom is -0.496 e. The van der Waals surface area contributed by atoms with Gasteiger partial charge in [0.25, 0.3) is 0 Å². The highest BCUT2D eigenvalue weighted by Crippen LogP contribution is 2.39. The van der Waals surface area contributed by atoms with Crippen LogP contribution in [0.1, 0.15) is 48.7 Å². The third kappa shape index (κ3) is 4.42. The van der Waals surface area contributed by atoms with E-state index in [-0.39, 0.29) is 24.6 Å². The molecule has 3 rings (SSSR count). The van der Waals surface area contributed by atoms with Crippen LogP contribution >= 0.6 is 0 Å². The number of carbonyl (C=O) groups is 1. The molecule has 0 aromatic heterocycles. The van der Waals surface area contributed by atoms with Gasteiger partial charge >= 0.3 is 5.97 Å². The fourth-order valence-corrected chi connectivity index (χ4v) is 3.53. The first-order chi connectivity index (χ1) is 13.2. The third-order valence-corrected chi connectivity index (χ3v) is 4.87. The van der Waals surface area contributed by atoms with Crippen molar-refractivity contribution in [1.82, 2.24) is 0 Å². The largest absolute Gasteiger partial charge is 0.496 e. The van der Waals surface area contributed by atoms with Gasteiger partial charge in [0.15, 0.2) is 0 Å². The molecule has 1 aliphatic rings. The Morgan fingerprint density at radius 1 is 1.15 bits per heavy atom. The molecule has 1 aliphatic carbocycles. The average molecular weight is 370 g/mol. The highest BCUT2D eigenvalue weighted by atomic mass is 16.5. The van der Waals surface area contributed by atoms with E-state index in [0.717, 1.165) is 29.9 Å². The summed E-state index contributed by atoms with van der Waals surface area (Å²) in [6.07, 6.45) is 1.79. The average Bonchev–Trinajstić information content (AvgIpc) is 3.11. The summed E-state index contributed by atoms with van der Waals surface area (Å²) >= 11 is 0. The van der Waals surface area contributed by atoms with Crippen molar-refractivity contribution in [2.75, 3.05) is 20.8 Å². The van der Waals surface area contributed by atoms with Gasteiger partial charge in [0.2, 0.25) is 0 Å². The maximum Gasteiger partial charge on any atom is 0.308 e. The Balaban J connectivity index is 1.71. The lowest BCUT2D eigenvalue weighted by atomic mass is 10.1. The van der Waals surface area contributed by atoms with Gasteiger partial charge in [-0.2, -0.15) is 0 Å². The molecule has 1 unspecified atom stereocenters. The van der Waals surface area contributed by atoms with Gasteiger partial charge in [-0.1, -0.05) is 24.3 Å². The van der Waals surface area contributed by atoms with Crippen LogP contribution in [0.4, 0.5) is 0 Å². The number of ether oxygens (including phenoxy) is 4. The number of rotatable bonds is 8. The highest BCUT2D eigenvalue weighted by molar-refractivity contribution is 5.70. The Morgan fingerprint density at radius 2 is 1.93 bits per heavy atom. The zero-order valence-electron chi connectivity index (χ0n) is 16.1. The lowest BCUT2D eigenvalue weighted by molar-refractivity contribution is -0.143. The van der Waals surface area contributed by atoms with E-state index in [0.29, 0.717) is 6.61 Å². The molecular weight excluding hydrogens is 344 g/mol. The predicted octanol–water partition coefficient (Wildman–Crippen LogP) is 4.40. The van der Waals surface area contributed by atoms with E-state index in [1.54, 1.807) is 7.11 Å². The Kier molecular flexibility index (Phi) is 6.35. The first kappa shape index (κ1) is 19.2. The molecule has 0 saturated heterocycles. The summed E-state index contributed by atoms with van der Waals surface area (Å²) in [4.78, 5) is 11.6. The number of fused-ring (bicyclic) bond motifs is 1. The second kappa shape index (κ2) is 8.91. The van der Waals surface area contributed by atoms with Crippen molar-refractivity contribution in [1.29, 1.82) is 0 Å². The van der Waals surface area contributed by atoms with E-state index < -0.39 is 0 Å². The van der Waals surface area contributed by atoms with Crippen LogP contribution in [0.5, 0.6) is 11.5 Å². The molecule has 2 atom stereocenters. The summed E-state index contributed by atoms with van der Waals surface area (Å²) in [5, 5.41) is 0. The van der Waals surface area contributed by atoms with Gasteiger partial charge in [-0.25, -0.2) is 0 Å². The summed E-state index contributed by atoms with van der Waals surface area (Å²) in [6, 6.07) is 13.8. The molecule has 0 heterocycles. The molecule has 5 nitrogen and oxygen atoms in total. The molecule has 0 bridgehead atoms. The van der Waals surface area contributed by atoms with E-state index in [9.17, 15) is 4.79 Å². The van der Waals surface area contributed by atoms with Gasteiger partial charge in [-0.05, 0) is 49.1 Å². The van der Waals surface area contributed by atoms with Crippen LogP contribution in [0.25, 0.3) is 0 Å². The summed E-state index contributed by atoms with van der Waals surface area (Å²) in [7, 11) is 3.09. The molecule has 5 heteroatoms. The molecule has 0 radical (unpaired) electrons. The number of methoxy groups -OCH3 is 2. The number of hydrogen-bond donors (Lipinski definition) is 0. The highest BCUT2D eigenvalue weighted by Gasteiger charge is 2.26. The maximum absolute atomic E-state index is 11.6. The number of benzene rings is 2. The lowest BCUT2D eigenvalue weighted by Crippen LogP contribution is -2.12. The second-order valence-corrected chi connectivity index (χ2v) is 6.47. The van der Waals surface area contributed by atoms with Crippen molar-refractivity contribution < 1.29 is 23.7 Å². The van der Waals surface area contributed by atoms with Gasteiger partial charge in [0.05, 0.1) is 26.7 Å². The van der Waals surface area contributed by atoms with Gasteiger partial charge in [0.1, 0.15) is 17.6 Å². The SMILES string of the molecule is CCO[C@@H](CC(=O)OC)c1ccc(OC2CCc3c(OC)cccc32)cc1. The summed E-state index contributed by atoms with van der Waals surface area (Å²) in [5.41, 5.74) is 3.36. The molecule has 144 valence electrons. The number of carbonyl (C=O) groups excluding carboxylic acids is 1. The van der Waals surface area contributed by atoms with Crippen molar-refractivity contribution in [2.24, 2.45) is 0 Å². The van der Waals surface area contributed by atoms with Crippen molar-refractivity contribution in [3.8, 4) is 11.5 Å². The first-order valence-corrected chi connectivity index (χ1v) is 9.27. The minimum absolute atomic E-state index is 0.0266. The molecule has 0 spiro atoms. The van der Waals surface area contributed by atoms with Crippen molar-refractivity contribution in [2.45, 2.75) is 38.4 Å². The van der Waals surface area contributed by atoms with Crippen LogP contribution in [0.3, 0.4) is 0 Å². The van der Waals surface area contributed by atoms with Crippen LogP contribution in [-0.2, 0) is 20.7 Å². The normalized spacial score (nSPS) is 16.5. The Hall–Kier alpha value is -2.53. The Bertz CT molecular complexity index is 769. The van der Waals surface area contributed by atoms with Gasteiger partial charge < -0.3 is 18.9 Å². The molecule has 0 saturated carbocycles. The van der Waals surface area contributed by atoms with E-state index in [2.05, 4.69) is 6.07 Å². The van der Waals surface area contributed by atoms with Crippen molar-refractivity contribution in [3.63, 3.8) is 0 Å². The van der Waals surface area contributed by atoms with E-state index in [1.807, 2.05) is 43.3 Å². The summed E-state index contributed by atoms with van der Waals surface area (Å²) in [6.45, 7) is 2.44. The Morgan fingerprint density at radius 3 is 2.59 bits per heavy atom. The van der Waals surface area contributed by atoms with Crippen LogP contribution < -0.4 is 9.47 Å². The standard InChI is InChI=1S/C22H26O5/c1-4-26-21(14-22(23)25-3)15-8-10-16(11-9-15)27-20-13-12-18-17(20)6-5-7-19(18)24-2/h5-11,20-21H,4,12-14H2,1-3H3/t20?,21-/m0/s1. The van der Waals surface area contributed by atoms with E-state index in [1.165, 1.54) is 18.2 Å². The smallest absolute Gasteiger partial charge is 0.308 e. The van der Waals surface area contributed by atoms with E-state index in [4.69, 9.17) is 18.9 Å². The predicted molar refractivity (Wildman–Crippen MR) is 102 cm³/mol. The summed E-state index contributed by atoms with van der Waals surface area (Å²) < 4.78 is 22.1. The number of esters is 1. The molecule has 0 amide bonds. The molecule has 0 aliphatic heterocycles. The van der Waals surface area contributed by atoms with Crippen LogP contribution in [-0.4, -0.2) is 26.8 Å². The zero-order chi connectivity index (χ0) is 19.2. The monoisotopic (exact) mass is 370 g/mol. The van der Waals surface area contributed by atoms with Gasteiger partial charge in [-0.15, -0.1) is 0 Å². The minimum atomic E-state index is -0.312. The molecule has 2 aromatic rings. The van der Waals surface area contributed by atoms with Gasteiger partial charge in [0, 0.05) is 12.2 Å². The Labute approximate surface area is 160 Å². The molecular formula is C22H26O5. The first-order valence-electron chi connectivity index (χ1n) is 9.27.